The topological polar surface area (TPSA) is 64.6 Å². The van der Waals surface area contributed by atoms with Crippen molar-refractivity contribution < 1.29 is 27.8 Å². The Morgan fingerprint density at radius 2 is 1.45 bits per heavy atom. The van der Waals surface area contributed by atoms with Crippen molar-refractivity contribution in [3.8, 4) is 5.75 Å². The summed E-state index contributed by atoms with van der Waals surface area (Å²) in [6, 6.07) is 22.8. The molecule has 0 radical (unpaired) electrons. The maximum atomic E-state index is 12.8. The highest BCUT2D eigenvalue weighted by molar-refractivity contribution is 5.96. The number of amides is 1. The van der Waals surface area contributed by atoms with Crippen LogP contribution < -0.4 is 10.1 Å². The Bertz CT molecular complexity index is 997. The normalized spacial score (nSPS) is 11.6. The third-order valence-corrected chi connectivity index (χ3v) is 4.47. The molecule has 0 spiro atoms. The van der Waals surface area contributed by atoms with Gasteiger partial charge in [-0.1, -0.05) is 66.7 Å². The van der Waals surface area contributed by atoms with Crippen LogP contribution in [0.15, 0.2) is 84.9 Å². The van der Waals surface area contributed by atoms with Crippen LogP contribution in [0.3, 0.4) is 0 Å². The summed E-state index contributed by atoms with van der Waals surface area (Å²) in [6.07, 6.45) is 0.216. The van der Waals surface area contributed by atoms with Crippen LogP contribution >= 0.6 is 0 Å². The van der Waals surface area contributed by atoms with E-state index in [0.29, 0.717) is 11.1 Å². The largest absolute Gasteiger partial charge is 0.459 e. The number of halogens is 2. The van der Waals surface area contributed by atoms with E-state index in [9.17, 15) is 18.4 Å². The SMILES string of the molecule is O=C(N[C@H](Cc1ccccc1)C(=O)OCc1ccccc1OC(F)F)c1ccccc1. The fourth-order valence-corrected chi connectivity index (χ4v) is 2.96. The van der Waals surface area contributed by atoms with Crippen molar-refractivity contribution in [1.82, 2.24) is 5.32 Å². The monoisotopic (exact) mass is 425 g/mol. The van der Waals surface area contributed by atoms with Crippen LogP contribution in [0.25, 0.3) is 0 Å². The van der Waals surface area contributed by atoms with Gasteiger partial charge in [0.25, 0.3) is 5.91 Å². The lowest BCUT2D eigenvalue weighted by Gasteiger charge is -2.19. The standard InChI is InChI=1S/C24H21F2NO4/c25-24(26)31-21-14-8-7-13-19(21)16-30-23(29)20(15-17-9-3-1-4-10-17)27-22(28)18-11-5-2-6-12-18/h1-14,20,24H,15-16H2,(H,27,28)/t20-/m1/s1. The average Bonchev–Trinajstić information content (AvgIpc) is 2.78. The number of carbonyl (C=O) groups excluding carboxylic acids is 2. The third-order valence-electron chi connectivity index (χ3n) is 4.47. The molecular weight excluding hydrogens is 404 g/mol. The Morgan fingerprint density at radius 1 is 0.839 bits per heavy atom. The molecule has 0 heterocycles. The summed E-state index contributed by atoms with van der Waals surface area (Å²) in [4.78, 5) is 25.4. The number of ether oxygens (including phenoxy) is 2. The number of alkyl halides is 2. The maximum Gasteiger partial charge on any atom is 0.387 e. The van der Waals surface area contributed by atoms with Crippen LogP contribution in [0, 0.1) is 0 Å². The zero-order chi connectivity index (χ0) is 22.1. The van der Waals surface area contributed by atoms with Gasteiger partial charge in [-0.15, -0.1) is 0 Å². The van der Waals surface area contributed by atoms with Crippen molar-refractivity contribution in [3.05, 3.63) is 102 Å². The zero-order valence-electron chi connectivity index (χ0n) is 16.5. The van der Waals surface area contributed by atoms with E-state index in [-0.39, 0.29) is 18.8 Å². The molecule has 0 unspecified atom stereocenters. The summed E-state index contributed by atoms with van der Waals surface area (Å²) in [6.45, 7) is -3.26. The van der Waals surface area contributed by atoms with Crippen LogP contribution in [0.1, 0.15) is 21.5 Å². The second-order valence-corrected chi connectivity index (χ2v) is 6.68. The molecule has 5 nitrogen and oxygen atoms in total. The quantitative estimate of drug-likeness (QED) is 0.517. The Kier molecular flexibility index (Phi) is 7.70. The molecule has 1 N–H and O–H groups in total. The molecule has 0 bridgehead atoms. The minimum absolute atomic E-state index is 0.0711. The first-order valence-corrected chi connectivity index (χ1v) is 9.62. The van der Waals surface area contributed by atoms with E-state index in [2.05, 4.69) is 10.1 Å². The molecule has 0 saturated heterocycles. The van der Waals surface area contributed by atoms with Gasteiger partial charge in [0.2, 0.25) is 0 Å². The van der Waals surface area contributed by atoms with Crippen molar-refractivity contribution >= 4 is 11.9 Å². The summed E-state index contributed by atoms with van der Waals surface area (Å²) < 4.78 is 35.0. The van der Waals surface area contributed by atoms with Crippen LogP contribution in [-0.2, 0) is 22.6 Å². The van der Waals surface area contributed by atoms with Crippen LogP contribution in [-0.4, -0.2) is 24.5 Å². The molecule has 31 heavy (non-hydrogen) atoms. The van der Waals surface area contributed by atoms with Gasteiger partial charge in [0, 0.05) is 17.5 Å². The lowest BCUT2D eigenvalue weighted by Crippen LogP contribution is -2.43. The molecule has 7 heteroatoms. The van der Waals surface area contributed by atoms with Gasteiger partial charge in [0.1, 0.15) is 18.4 Å². The van der Waals surface area contributed by atoms with Gasteiger partial charge in [-0.25, -0.2) is 4.79 Å². The highest BCUT2D eigenvalue weighted by Crippen LogP contribution is 2.21. The van der Waals surface area contributed by atoms with Gasteiger partial charge in [0.05, 0.1) is 0 Å². The molecule has 1 atom stereocenters. The number of esters is 1. The van der Waals surface area contributed by atoms with Gasteiger partial charge >= 0.3 is 12.6 Å². The van der Waals surface area contributed by atoms with Crippen LogP contribution in [0.4, 0.5) is 8.78 Å². The molecule has 3 aromatic carbocycles. The molecule has 160 valence electrons. The maximum absolute atomic E-state index is 12.8. The van der Waals surface area contributed by atoms with Crippen LogP contribution in [0.5, 0.6) is 5.75 Å². The van der Waals surface area contributed by atoms with Crippen molar-refractivity contribution in [3.63, 3.8) is 0 Å². The van der Waals surface area contributed by atoms with Crippen molar-refractivity contribution in [2.45, 2.75) is 25.7 Å². The Morgan fingerprint density at radius 3 is 2.13 bits per heavy atom. The molecular formula is C24H21F2NO4. The number of benzene rings is 3. The molecule has 1 amide bonds. The average molecular weight is 425 g/mol. The van der Waals surface area contributed by atoms with Crippen LogP contribution in [0.2, 0.25) is 0 Å². The predicted octanol–water partition coefficient (Wildman–Crippen LogP) is 4.37. The number of carbonyl (C=O) groups is 2. The number of para-hydroxylation sites is 1. The summed E-state index contributed by atoms with van der Waals surface area (Å²) >= 11 is 0. The van der Waals surface area contributed by atoms with E-state index in [1.807, 2.05) is 30.3 Å². The second-order valence-electron chi connectivity index (χ2n) is 6.68. The lowest BCUT2D eigenvalue weighted by molar-refractivity contribution is -0.147. The summed E-state index contributed by atoms with van der Waals surface area (Å²) in [5, 5.41) is 2.70. The molecule has 0 aliphatic rings. The van der Waals surface area contributed by atoms with Crippen molar-refractivity contribution in [1.29, 1.82) is 0 Å². The Labute approximate surface area is 178 Å². The fraction of sp³-hybridized carbons (Fsp3) is 0.167. The highest BCUT2D eigenvalue weighted by atomic mass is 19.3. The first kappa shape index (κ1) is 22.0. The third kappa shape index (κ3) is 6.64. The highest BCUT2D eigenvalue weighted by Gasteiger charge is 2.24. The summed E-state index contributed by atoms with van der Waals surface area (Å²) in [7, 11) is 0. The molecule has 3 aromatic rings. The minimum Gasteiger partial charge on any atom is -0.459 e. The van der Waals surface area contributed by atoms with Gasteiger partial charge in [-0.2, -0.15) is 8.78 Å². The van der Waals surface area contributed by atoms with E-state index >= 15 is 0 Å². The fourth-order valence-electron chi connectivity index (χ4n) is 2.96. The molecule has 0 saturated carbocycles. The Balaban J connectivity index is 1.72. The van der Waals surface area contributed by atoms with E-state index in [4.69, 9.17) is 4.74 Å². The first-order valence-electron chi connectivity index (χ1n) is 9.62. The van der Waals surface area contributed by atoms with Crippen molar-refractivity contribution in [2.75, 3.05) is 0 Å². The van der Waals surface area contributed by atoms with E-state index in [1.54, 1.807) is 42.5 Å². The molecule has 3 rings (SSSR count). The molecule has 0 fully saturated rings. The smallest absolute Gasteiger partial charge is 0.387 e. The van der Waals surface area contributed by atoms with Gasteiger partial charge in [-0.05, 0) is 23.8 Å². The number of nitrogens with one attached hydrogen (secondary N) is 1. The first-order chi connectivity index (χ1) is 15.0. The minimum atomic E-state index is -2.99. The summed E-state index contributed by atoms with van der Waals surface area (Å²) in [5.74, 6) is -1.17. The lowest BCUT2D eigenvalue weighted by atomic mass is 10.1. The number of rotatable bonds is 9. The summed E-state index contributed by atoms with van der Waals surface area (Å²) in [5.41, 5.74) is 1.53. The molecule has 0 aliphatic heterocycles. The number of hydrogen-bond acceptors (Lipinski definition) is 4. The predicted molar refractivity (Wildman–Crippen MR) is 111 cm³/mol. The second kappa shape index (κ2) is 10.9. The van der Waals surface area contributed by atoms with E-state index in [1.165, 1.54) is 12.1 Å². The molecule has 0 aromatic heterocycles. The van der Waals surface area contributed by atoms with Crippen molar-refractivity contribution in [2.24, 2.45) is 0 Å². The zero-order valence-corrected chi connectivity index (χ0v) is 16.5. The van der Waals surface area contributed by atoms with Gasteiger partial charge < -0.3 is 14.8 Å². The van der Waals surface area contributed by atoms with Gasteiger partial charge in [-0.3, -0.25) is 4.79 Å². The molecule has 0 aliphatic carbocycles. The Hall–Kier alpha value is -3.74. The van der Waals surface area contributed by atoms with E-state index < -0.39 is 24.5 Å². The van der Waals surface area contributed by atoms with Gasteiger partial charge in [0.15, 0.2) is 0 Å². The van der Waals surface area contributed by atoms with E-state index in [0.717, 1.165) is 5.56 Å². The number of hydrogen-bond donors (Lipinski definition) is 1.